The average molecular weight is 403 g/mol. The van der Waals surface area contributed by atoms with Crippen molar-refractivity contribution >= 4 is 37.5 Å². The fraction of sp³-hybridized carbons (Fsp3) is 0.647. The van der Waals surface area contributed by atoms with Gasteiger partial charge in [0.25, 0.3) is 0 Å². The minimum atomic E-state index is 0.736. The Balaban J connectivity index is 2.20. The molecule has 0 atom stereocenters. The Morgan fingerprint density at radius 3 is 2.50 bits per heavy atom. The van der Waals surface area contributed by atoms with Crippen LogP contribution in [0.2, 0.25) is 0 Å². The summed E-state index contributed by atoms with van der Waals surface area (Å²) in [6.45, 7) is 5.81. The number of alkyl halides is 1. The fourth-order valence-corrected chi connectivity index (χ4v) is 3.98. The molecule has 1 fully saturated rings. The van der Waals surface area contributed by atoms with E-state index in [0.29, 0.717) is 0 Å². The van der Waals surface area contributed by atoms with Gasteiger partial charge in [-0.05, 0) is 58.8 Å². The third-order valence-corrected chi connectivity index (χ3v) is 5.47. The van der Waals surface area contributed by atoms with Crippen LogP contribution >= 0.6 is 31.9 Å². The van der Waals surface area contributed by atoms with E-state index in [1.807, 2.05) is 0 Å². The van der Waals surface area contributed by atoms with Crippen LogP contribution in [-0.2, 0) is 5.33 Å². The van der Waals surface area contributed by atoms with Gasteiger partial charge in [0, 0.05) is 22.4 Å². The lowest BCUT2D eigenvalue weighted by Gasteiger charge is -2.33. The first kappa shape index (κ1) is 16.4. The van der Waals surface area contributed by atoms with Crippen LogP contribution in [0, 0.1) is 5.92 Å². The topological polar surface area (TPSA) is 3.24 Å². The van der Waals surface area contributed by atoms with Crippen LogP contribution in [0.4, 0.5) is 5.69 Å². The zero-order chi connectivity index (χ0) is 14.5. The Hall–Kier alpha value is -0.0200. The number of rotatable bonds is 6. The highest BCUT2D eigenvalue weighted by atomic mass is 79.9. The molecule has 112 valence electrons. The van der Waals surface area contributed by atoms with Gasteiger partial charge in [0.1, 0.15) is 0 Å². The number of hydrogen-bond donors (Lipinski definition) is 0. The van der Waals surface area contributed by atoms with Crippen molar-refractivity contribution in [3.05, 3.63) is 28.2 Å². The van der Waals surface area contributed by atoms with Crippen molar-refractivity contribution in [2.45, 2.75) is 57.3 Å². The Kier molecular flexibility index (Phi) is 6.41. The molecule has 0 spiro atoms. The molecule has 0 aromatic heterocycles. The molecule has 0 bridgehead atoms. The summed E-state index contributed by atoms with van der Waals surface area (Å²) >= 11 is 7.32. The fourth-order valence-electron chi connectivity index (χ4n) is 2.98. The molecule has 20 heavy (non-hydrogen) atoms. The quantitative estimate of drug-likeness (QED) is 0.516. The lowest BCUT2D eigenvalue weighted by molar-refractivity contribution is 0.528. The van der Waals surface area contributed by atoms with Gasteiger partial charge in [-0.3, -0.25) is 0 Å². The van der Waals surface area contributed by atoms with Gasteiger partial charge in [-0.2, -0.15) is 0 Å². The van der Waals surface area contributed by atoms with Gasteiger partial charge in [0.2, 0.25) is 0 Å². The summed E-state index contributed by atoms with van der Waals surface area (Å²) < 4.78 is 1.24. The molecule has 0 saturated heterocycles. The maximum Gasteiger partial charge on any atom is 0.0513 e. The van der Waals surface area contributed by atoms with Gasteiger partial charge in [-0.25, -0.2) is 0 Å². The predicted octanol–water partition coefficient (Wildman–Crippen LogP) is 6.14. The minimum Gasteiger partial charge on any atom is -0.368 e. The summed E-state index contributed by atoms with van der Waals surface area (Å²) in [7, 11) is 0. The zero-order valence-electron chi connectivity index (χ0n) is 12.5. The molecule has 2 rings (SSSR count). The van der Waals surface area contributed by atoms with Gasteiger partial charge in [0.05, 0.1) is 5.69 Å². The molecule has 0 heterocycles. The first-order valence-corrected chi connectivity index (χ1v) is 9.64. The molecule has 1 aliphatic carbocycles. The number of hydrogen-bond acceptors (Lipinski definition) is 1. The van der Waals surface area contributed by atoms with E-state index in [9.17, 15) is 0 Å². The molecule has 1 nitrogen and oxygen atoms in total. The van der Waals surface area contributed by atoms with Crippen molar-refractivity contribution in [3.8, 4) is 0 Å². The van der Waals surface area contributed by atoms with Crippen LogP contribution in [0.5, 0.6) is 0 Å². The Labute approximate surface area is 140 Å². The molecular formula is C17H25Br2N. The van der Waals surface area contributed by atoms with Crippen LogP contribution in [0.1, 0.15) is 51.5 Å². The summed E-state index contributed by atoms with van der Waals surface area (Å²) in [5.74, 6) is 0.763. The molecule has 0 N–H and O–H groups in total. The first-order valence-electron chi connectivity index (χ1n) is 7.73. The highest BCUT2D eigenvalue weighted by Crippen LogP contribution is 2.34. The summed E-state index contributed by atoms with van der Waals surface area (Å²) in [6, 6.07) is 7.52. The monoisotopic (exact) mass is 401 g/mol. The van der Waals surface area contributed by atoms with E-state index in [4.69, 9.17) is 0 Å². The van der Waals surface area contributed by atoms with Crippen molar-refractivity contribution in [1.29, 1.82) is 0 Å². The second-order valence-corrected chi connectivity index (χ2v) is 7.65. The second kappa shape index (κ2) is 7.84. The molecule has 3 heteroatoms. The number of nitrogens with zero attached hydrogens (tertiary/aromatic N) is 1. The lowest BCUT2D eigenvalue weighted by Crippen LogP contribution is -2.35. The summed E-state index contributed by atoms with van der Waals surface area (Å²) in [4.78, 5) is 2.65. The van der Waals surface area contributed by atoms with Crippen LogP contribution in [0.25, 0.3) is 0 Å². The molecule has 0 unspecified atom stereocenters. The highest BCUT2D eigenvalue weighted by Gasteiger charge is 2.24. The highest BCUT2D eigenvalue weighted by molar-refractivity contribution is 9.10. The third-order valence-electron chi connectivity index (χ3n) is 4.19. The zero-order valence-corrected chi connectivity index (χ0v) is 15.7. The third kappa shape index (κ3) is 4.24. The number of halogens is 2. The van der Waals surface area contributed by atoms with E-state index in [1.54, 1.807) is 0 Å². The second-order valence-electron chi connectivity index (χ2n) is 6.23. The minimum absolute atomic E-state index is 0.736. The maximum atomic E-state index is 3.78. The van der Waals surface area contributed by atoms with Crippen LogP contribution < -0.4 is 4.90 Å². The van der Waals surface area contributed by atoms with Gasteiger partial charge in [-0.15, -0.1) is 0 Å². The summed E-state index contributed by atoms with van der Waals surface area (Å²) in [6.07, 6.45) is 6.75. The molecule has 1 aliphatic rings. The lowest BCUT2D eigenvalue weighted by atomic mass is 10.1. The molecular weight excluding hydrogens is 378 g/mol. The van der Waals surface area contributed by atoms with E-state index in [2.05, 4.69) is 68.8 Å². The first-order chi connectivity index (χ1) is 9.61. The predicted molar refractivity (Wildman–Crippen MR) is 95.8 cm³/mol. The Bertz CT molecular complexity index is 425. The Morgan fingerprint density at radius 2 is 1.95 bits per heavy atom. The van der Waals surface area contributed by atoms with Crippen LogP contribution in [0.15, 0.2) is 22.7 Å². The maximum absolute atomic E-state index is 3.78. The van der Waals surface area contributed by atoms with Crippen molar-refractivity contribution in [2.24, 2.45) is 5.92 Å². The normalized spacial score (nSPS) is 16.1. The molecule has 0 aliphatic heterocycles. The molecule has 0 radical (unpaired) electrons. The molecule has 1 saturated carbocycles. The van der Waals surface area contributed by atoms with Crippen molar-refractivity contribution in [2.75, 3.05) is 11.4 Å². The van der Waals surface area contributed by atoms with Crippen LogP contribution in [-0.4, -0.2) is 12.6 Å². The van der Waals surface area contributed by atoms with Crippen molar-refractivity contribution < 1.29 is 0 Å². The molecule has 1 aromatic carbocycles. The van der Waals surface area contributed by atoms with E-state index in [-0.39, 0.29) is 0 Å². The van der Waals surface area contributed by atoms with Gasteiger partial charge in [0.15, 0.2) is 0 Å². The smallest absolute Gasteiger partial charge is 0.0513 e. The average Bonchev–Trinajstić information content (AvgIpc) is 2.94. The molecule has 1 aromatic rings. The largest absolute Gasteiger partial charge is 0.368 e. The van der Waals surface area contributed by atoms with E-state index in [0.717, 1.165) is 17.3 Å². The van der Waals surface area contributed by atoms with E-state index < -0.39 is 0 Å². The number of benzene rings is 1. The standard InChI is InChI=1S/C17H25Br2N/c1-13(2)9-10-20(15-5-3-4-6-15)17-8-7-14(12-18)11-16(17)19/h7-8,11,13,15H,3-6,9-10,12H2,1-2H3. The van der Waals surface area contributed by atoms with Gasteiger partial charge in [-0.1, -0.05) is 48.7 Å². The summed E-state index contributed by atoms with van der Waals surface area (Å²) in [5.41, 5.74) is 2.71. The Morgan fingerprint density at radius 1 is 1.25 bits per heavy atom. The molecule has 0 amide bonds. The number of anilines is 1. The van der Waals surface area contributed by atoms with Crippen molar-refractivity contribution in [1.82, 2.24) is 0 Å². The summed E-state index contributed by atoms with van der Waals surface area (Å²) in [5, 5.41) is 0.918. The van der Waals surface area contributed by atoms with Gasteiger partial charge < -0.3 is 4.90 Å². The van der Waals surface area contributed by atoms with Crippen molar-refractivity contribution in [3.63, 3.8) is 0 Å². The van der Waals surface area contributed by atoms with E-state index in [1.165, 1.54) is 54.4 Å². The van der Waals surface area contributed by atoms with Crippen LogP contribution in [0.3, 0.4) is 0 Å². The van der Waals surface area contributed by atoms with Gasteiger partial charge >= 0.3 is 0 Å². The van der Waals surface area contributed by atoms with E-state index >= 15 is 0 Å². The SMILES string of the molecule is CC(C)CCN(c1ccc(CBr)cc1Br)C1CCCC1.